The Labute approximate surface area is 120 Å². The molecular weight excluding hydrogens is 252 g/mol. The van der Waals surface area contributed by atoms with Gasteiger partial charge < -0.3 is 5.11 Å². The first-order valence-electron chi connectivity index (χ1n) is 7.07. The first-order valence-corrected chi connectivity index (χ1v) is 7.07. The summed E-state index contributed by atoms with van der Waals surface area (Å²) in [7, 11) is 0. The Bertz CT molecular complexity index is 550. The monoisotopic (exact) mass is 276 g/mol. The van der Waals surface area contributed by atoms with E-state index in [0.717, 1.165) is 6.42 Å². The fourth-order valence-corrected chi connectivity index (χ4v) is 2.42. The van der Waals surface area contributed by atoms with E-state index in [1.165, 1.54) is 16.8 Å². The summed E-state index contributed by atoms with van der Waals surface area (Å²) in [5.74, 6) is 0.376. The second kappa shape index (κ2) is 5.79. The van der Waals surface area contributed by atoms with Gasteiger partial charge in [-0.1, -0.05) is 27.7 Å². The molecule has 1 atom stereocenters. The van der Waals surface area contributed by atoms with Crippen LogP contribution in [-0.4, -0.2) is 31.7 Å². The first-order chi connectivity index (χ1) is 9.41. The molecule has 1 unspecified atom stereocenters. The molecule has 0 aliphatic rings. The number of aliphatic hydroxyl groups excluding tert-OH is 1. The van der Waals surface area contributed by atoms with Crippen LogP contribution >= 0.6 is 0 Å². The van der Waals surface area contributed by atoms with Crippen molar-refractivity contribution < 1.29 is 5.11 Å². The Balaban J connectivity index is 2.11. The summed E-state index contributed by atoms with van der Waals surface area (Å²) < 4.78 is 1.78. The van der Waals surface area contributed by atoms with Crippen molar-refractivity contribution in [2.75, 3.05) is 6.61 Å². The van der Waals surface area contributed by atoms with Crippen LogP contribution in [0.3, 0.4) is 0 Å². The average Bonchev–Trinajstić information content (AvgIpc) is 2.97. The summed E-state index contributed by atoms with van der Waals surface area (Å²) in [4.78, 5) is 0. The molecule has 0 fully saturated rings. The molecule has 0 aliphatic heterocycles. The van der Waals surface area contributed by atoms with Gasteiger partial charge in [0.1, 0.15) is 0 Å². The first kappa shape index (κ1) is 14.8. The molecule has 0 saturated heterocycles. The number of rotatable bonds is 5. The van der Waals surface area contributed by atoms with Gasteiger partial charge >= 0.3 is 0 Å². The van der Waals surface area contributed by atoms with Crippen molar-refractivity contribution in [3.8, 4) is 0 Å². The molecule has 0 saturated carbocycles. The number of H-pyrrole nitrogens is 1. The minimum atomic E-state index is 0.0760. The van der Waals surface area contributed by atoms with E-state index in [1.807, 2.05) is 18.6 Å². The predicted octanol–water partition coefficient (Wildman–Crippen LogP) is 2.24. The summed E-state index contributed by atoms with van der Waals surface area (Å²) in [6, 6.07) is 0. The molecular formula is C15H24N4O. The minimum Gasteiger partial charge on any atom is -0.394 e. The zero-order valence-electron chi connectivity index (χ0n) is 12.7. The lowest BCUT2D eigenvalue weighted by molar-refractivity contribution is 0.269. The molecule has 0 radical (unpaired) electrons. The summed E-state index contributed by atoms with van der Waals surface area (Å²) in [6.07, 6.45) is 6.76. The van der Waals surface area contributed by atoms with E-state index in [4.69, 9.17) is 5.11 Å². The Kier molecular flexibility index (Phi) is 4.28. The fourth-order valence-electron chi connectivity index (χ4n) is 2.42. The minimum absolute atomic E-state index is 0.0760. The van der Waals surface area contributed by atoms with Crippen LogP contribution in [0.5, 0.6) is 0 Å². The van der Waals surface area contributed by atoms with Crippen LogP contribution < -0.4 is 0 Å². The standard InChI is InChI=1S/C15H24N4O/c1-11(13-9-17-19(10-13)5-6-20)7-12-8-16-18-14(12)15(2,3)4/h8-11,20H,5-7H2,1-4H3,(H,16,18). The zero-order chi connectivity index (χ0) is 14.8. The van der Waals surface area contributed by atoms with Crippen molar-refractivity contribution in [1.29, 1.82) is 0 Å². The van der Waals surface area contributed by atoms with Crippen LogP contribution in [0.15, 0.2) is 18.6 Å². The number of nitrogens with one attached hydrogen (secondary N) is 1. The van der Waals surface area contributed by atoms with Crippen LogP contribution in [0.1, 0.15) is 50.4 Å². The number of aromatic amines is 1. The molecule has 2 heterocycles. The quantitative estimate of drug-likeness (QED) is 0.880. The van der Waals surface area contributed by atoms with E-state index in [1.54, 1.807) is 4.68 Å². The van der Waals surface area contributed by atoms with Crippen molar-refractivity contribution in [3.05, 3.63) is 35.4 Å². The molecule has 5 heteroatoms. The maximum atomic E-state index is 8.93. The smallest absolute Gasteiger partial charge is 0.0640 e. The molecule has 0 aromatic carbocycles. The normalized spacial score (nSPS) is 13.7. The topological polar surface area (TPSA) is 66.7 Å². The van der Waals surface area contributed by atoms with Gasteiger partial charge in [-0.15, -0.1) is 0 Å². The summed E-state index contributed by atoms with van der Waals surface area (Å²) >= 11 is 0. The van der Waals surface area contributed by atoms with Gasteiger partial charge in [0.15, 0.2) is 0 Å². The lowest BCUT2D eigenvalue weighted by Crippen LogP contribution is -2.15. The summed E-state index contributed by atoms with van der Waals surface area (Å²) in [5.41, 5.74) is 3.73. The molecule has 0 amide bonds. The van der Waals surface area contributed by atoms with Crippen LogP contribution in [0.25, 0.3) is 0 Å². The molecule has 110 valence electrons. The van der Waals surface area contributed by atoms with Crippen LogP contribution in [0.2, 0.25) is 0 Å². The maximum Gasteiger partial charge on any atom is 0.0640 e. The van der Waals surface area contributed by atoms with Gasteiger partial charge in [-0.3, -0.25) is 9.78 Å². The number of nitrogens with zero attached hydrogens (tertiary/aromatic N) is 3. The SMILES string of the molecule is CC(Cc1cn[nH]c1C(C)(C)C)c1cnn(CCO)c1. The third-order valence-corrected chi connectivity index (χ3v) is 3.55. The van der Waals surface area contributed by atoms with Gasteiger partial charge in [0.25, 0.3) is 0 Å². The highest BCUT2D eigenvalue weighted by molar-refractivity contribution is 5.26. The number of hydrogen-bond donors (Lipinski definition) is 2. The van der Waals surface area contributed by atoms with E-state index < -0.39 is 0 Å². The van der Waals surface area contributed by atoms with Crippen molar-refractivity contribution >= 4 is 0 Å². The van der Waals surface area contributed by atoms with Crippen LogP contribution in [0, 0.1) is 0 Å². The molecule has 0 aliphatic carbocycles. The van der Waals surface area contributed by atoms with Gasteiger partial charge in [0.05, 0.1) is 25.5 Å². The van der Waals surface area contributed by atoms with E-state index in [-0.39, 0.29) is 12.0 Å². The van der Waals surface area contributed by atoms with Crippen molar-refractivity contribution in [1.82, 2.24) is 20.0 Å². The molecule has 0 spiro atoms. The van der Waals surface area contributed by atoms with E-state index in [0.29, 0.717) is 12.5 Å². The third-order valence-electron chi connectivity index (χ3n) is 3.55. The molecule has 20 heavy (non-hydrogen) atoms. The van der Waals surface area contributed by atoms with Gasteiger partial charge in [0.2, 0.25) is 0 Å². The summed E-state index contributed by atoms with van der Waals surface area (Å²) in [6.45, 7) is 9.42. The van der Waals surface area contributed by atoms with E-state index in [9.17, 15) is 0 Å². The lowest BCUT2D eigenvalue weighted by atomic mass is 9.86. The lowest BCUT2D eigenvalue weighted by Gasteiger charge is -2.19. The highest BCUT2D eigenvalue weighted by Gasteiger charge is 2.21. The van der Waals surface area contributed by atoms with Gasteiger partial charge in [-0.2, -0.15) is 10.2 Å². The van der Waals surface area contributed by atoms with Crippen LogP contribution in [-0.2, 0) is 18.4 Å². The average molecular weight is 276 g/mol. The fraction of sp³-hybridized carbons (Fsp3) is 0.600. The highest BCUT2D eigenvalue weighted by atomic mass is 16.3. The van der Waals surface area contributed by atoms with Gasteiger partial charge in [-0.25, -0.2) is 0 Å². The van der Waals surface area contributed by atoms with Crippen molar-refractivity contribution in [3.63, 3.8) is 0 Å². The molecule has 0 bridgehead atoms. The third kappa shape index (κ3) is 3.28. The summed E-state index contributed by atoms with van der Waals surface area (Å²) in [5, 5.41) is 20.5. The number of aromatic nitrogens is 4. The number of hydrogen-bond acceptors (Lipinski definition) is 3. The second-order valence-electron chi connectivity index (χ2n) is 6.39. The van der Waals surface area contributed by atoms with Crippen molar-refractivity contribution in [2.24, 2.45) is 0 Å². The highest BCUT2D eigenvalue weighted by Crippen LogP contribution is 2.27. The van der Waals surface area contributed by atoms with Gasteiger partial charge in [0, 0.05) is 17.3 Å². The molecule has 2 aromatic heterocycles. The molecule has 5 nitrogen and oxygen atoms in total. The Morgan fingerprint density at radius 2 is 2.10 bits per heavy atom. The second-order valence-corrected chi connectivity index (χ2v) is 6.39. The van der Waals surface area contributed by atoms with Gasteiger partial charge in [-0.05, 0) is 23.5 Å². The van der Waals surface area contributed by atoms with Crippen molar-refractivity contribution in [2.45, 2.75) is 52.0 Å². The molecule has 2 rings (SSSR count). The van der Waals surface area contributed by atoms with E-state index in [2.05, 4.69) is 43.0 Å². The largest absolute Gasteiger partial charge is 0.394 e. The Morgan fingerprint density at radius 1 is 1.35 bits per heavy atom. The van der Waals surface area contributed by atoms with Crippen LogP contribution in [0.4, 0.5) is 0 Å². The Hall–Kier alpha value is -1.62. The zero-order valence-corrected chi connectivity index (χ0v) is 12.7. The number of aliphatic hydroxyl groups is 1. The maximum absolute atomic E-state index is 8.93. The predicted molar refractivity (Wildman–Crippen MR) is 78.7 cm³/mol. The molecule has 2 aromatic rings. The Morgan fingerprint density at radius 3 is 2.75 bits per heavy atom. The van der Waals surface area contributed by atoms with E-state index >= 15 is 0 Å². The molecule has 2 N–H and O–H groups in total.